The highest BCUT2D eigenvalue weighted by Gasteiger charge is 2.41. The highest BCUT2D eigenvalue weighted by atomic mass is 35.5. The molecule has 0 saturated carbocycles. The SMILES string of the molecule is Cl.Cl.O=C(c1cc2c(s1)C1(CCNCC1)OCC2)N1CCCC(Cn2ccnc2)C1. The second kappa shape index (κ2) is 10.0. The zero-order valence-electron chi connectivity index (χ0n) is 17.0. The number of nitrogens with zero attached hydrogens (tertiary/aromatic N) is 3. The summed E-state index contributed by atoms with van der Waals surface area (Å²) in [4.78, 5) is 21.7. The van der Waals surface area contributed by atoms with Crippen LogP contribution < -0.4 is 5.32 Å². The van der Waals surface area contributed by atoms with Gasteiger partial charge in [-0.05, 0) is 62.7 Å². The average Bonchev–Trinajstić information content (AvgIpc) is 3.39. The van der Waals surface area contributed by atoms with Gasteiger partial charge in [0.25, 0.3) is 5.91 Å². The zero-order valence-corrected chi connectivity index (χ0v) is 19.5. The van der Waals surface area contributed by atoms with Crippen molar-refractivity contribution < 1.29 is 9.53 Å². The van der Waals surface area contributed by atoms with E-state index in [0.29, 0.717) is 5.92 Å². The molecule has 0 bridgehead atoms. The molecule has 1 unspecified atom stereocenters. The fraction of sp³-hybridized carbons (Fsp3) is 0.619. The number of rotatable bonds is 3. The van der Waals surface area contributed by atoms with Crippen LogP contribution in [0.1, 0.15) is 45.8 Å². The summed E-state index contributed by atoms with van der Waals surface area (Å²) in [5, 5.41) is 3.43. The third-order valence-electron chi connectivity index (χ3n) is 6.43. The minimum Gasteiger partial charge on any atom is -0.369 e. The van der Waals surface area contributed by atoms with Crippen LogP contribution in [0, 0.1) is 5.92 Å². The molecular weight excluding hydrogens is 443 g/mol. The summed E-state index contributed by atoms with van der Waals surface area (Å²) < 4.78 is 8.41. The fourth-order valence-electron chi connectivity index (χ4n) is 4.98. The van der Waals surface area contributed by atoms with Crippen LogP contribution in [-0.2, 0) is 23.3 Å². The third-order valence-corrected chi connectivity index (χ3v) is 7.78. The lowest BCUT2D eigenvalue weighted by Crippen LogP contribution is -2.44. The van der Waals surface area contributed by atoms with E-state index in [1.165, 1.54) is 16.9 Å². The average molecular weight is 473 g/mol. The Morgan fingerprint density at radius 3 is 2.93 bits per heavy atom. The van der Waals surface area contributed by atoms with E-state index in [4.69, 9.17) is 4.74 Å². The molecule has 1 amide bonds. The van der Waals surface area contributed by atoms with Gasteiger partial charge in [0.2, 0.25) is 0 Å². The van der Waals surface area contributed by atoms with Crippen LogP contribution in [0.15, 0.2) is 24.8 Å². The van der Waals surface area contributed by atoms with Crippen molar-refractivity contribution in [2.45, 2.75) is 44.2 Å². The molecule has 0 aromatic carbocycles. The zero-order chi connectivity index (χ0) is 19.0. The number of ether oxygens (including phenoxy) is 1. The highest BCUT2D eigenvalue weighted by Crippen LogP contribution is 2.44. The molecule has 166 valence electrons. The maximum atomic E-state index is 13.3. The molecule has 3 aliphatic rings. The lowest BCUT2D eigenvalue weighted by molar-refractivity contribution is -0.0771. The van der Waals surface area contributed by atoms with E-state index in [9.17, 15) is 4.79 Å². The van der Waals surface area contributed by atoms with E-state index in [1.54, 1.807) is 11.3 Å². The summed E-state index contributed by atoms with van der Waals surface area (Å²) in [6.07, 6.45) is 10.9. The van der Waals surface area contributed by atoms with Crippen LogP contribution in [0.25, 0.3) is 0 Å². The first-order chi connectivity index (χ1) is 13.7. The van der Waals surface area contributed by atoms with Crippen molar-refractivity contribution in [2.24, 2.45) is 5.92 Å². The minimum atomic E-state index is -0.159. The number of fused-ring (bicyclic) bond motifs is 2. The topological polar surface area (TPSA) is 59.4 Å². The van der Waals surface area contributed by atoms with Crippen molar-refractivity contribution in [3.63, 3.8) is 0 Å². The Balaban J connectivity index is 0.00000128. The van der Waals surface area contributed by atoms with Crippen molar-refractivity contribution in [3.05, 3.63) is 40.1 Å². The Morgan fingerprint density at radius 1 is 1.33 bits per heavy atom. The van der Waals surface area contributed by atoms with Gasteiger partial charge in [0.1, 0.15) is 5.60 Å². The molecule has 0 radical (unpaired) electrons. The third kappa shape index (κ3) is 4.55. The summed E-state index contributed by atoms with van der Waals surface area (Å²) in [7, 11) is 0. The number of aromatic nitrogens is 2. The molecule has 2 aromatic rings. The molecule has 0 aliphatic carbocycles. The van der Waals surface area contributed by atoms with Crippen LogP contribution in [0.5, 0.6) is 0 Å². The van der Waals surface area contributed by atoms with Crippen molar-refractivity contribution >= 4 is 42.1 Å². The summed E-state index contributed by atoms with van der Waals surface area (Å²) >= 11 is 1.69. The predicted octanol–water partition coefficient (Wildman–Crippen LogP) is 3.49. The van der Waals surface area contributed by atoms with Gasteiger partial charge in [0.05, 0.1) is 17.8 Å². The van der Waals surface area contributed by atoms with Gasteiger partial charge in [-0.2, -0.15) is 0 Å². The van der Waals surface area contributed by atoms with Crippen LogP contribution >= 0.6 is 36.2 Å². The number of carbonyl (C=O) groups excluding carboxylic acids is 1. The highest BCUT2D eigenvalue weighted by molar-refractivity contribution is 7.14. The summed E-state index contributed by atoms with van der Waals surface area (Å²) in [5.41, 5.74) is 1.18. The standard InChI is InChI=1S/C21H28N4O2S.2ClH/c26-20(25-9-1-2-16(14-25)13-24-10-8-23-15-24)18-12-17-3-11-27-21(19(17)28-18)4-6-22-7-5-21;;/h8,10,12,15-16,22H,1-7,9,11,13-14H2;2*1H. The number of amides is 1. The Bertz CT molecular complexity index is 836. The quantitative estimate of drug-likeness (QED) is 0.742. The second-order valence-corrected chi connectivity index (χ2v) is 9.38. The Labute approximate surface area is 194 Å². The van der Waals surface area contributed by atoms with Gasteiger partial charge >= 0.3 is 0 Å². The molecule has 2 fully saturated rings. The monoisotopic (exact) mass is 472 g/mol. The van der Waals surface area contributed by atoms with E-state index < -0.39 is 0 Å². The summed E-state index contributed by atoms with van der Waals surface area (Å²) in [6, 6.07) is 2.16. The molecule has 2 saturated heterocycles. The Hall–Kier alpha value is -1.12. The van der Waals surface area contributed by atoms with Crippen LogP contribution in [0.2, 0.25) is 0 Å². The lowest BCUT2D eigenvalue weighted by atomic mass is 9.86. The molecule has 5 heterocycles. The van der Waals surface area contributed by atoms with Gasteiger partial charge in [-0.3, -0.25) is 4.79 Å². The molecular formula is C21H30Cl2N4O2S. The van der Waals surface area contributed by atoms with E-state index in [2.05, 4.69) is 25.8 Å². The molecule has 1 N–H and O–H groups in total. The maximum absolute atomic E-state index is 13.3. The molecule has 3 aliphatic heterocycles. The molecule has 1 spiro atoms. The number of carbonyl (C=O) groups is 1. The number of imidazole rings is 1. The number of nitrogens with one attached hydrogen (secondary N) is 1. The second-order valence-electron chi connectivity index (χ2n) is 8.33. The Kier molecular flexibility index (Phi) is 7.85. The van der Waals surface area contributed by atoms with Gasteiger partial charge in [-0.15, -0.1) is 36.2 Å². The Morgan fingerprint density at radius 2 is 2.17 bits per heavy atom. The van der Waals surface area contributed by atoms with E-state index in [1.807, 2.05) is 18.7 Å². The van der Waals surface area contributed by atoms with Crippen molar-refractivity contribution in [1.82, 2.24) is 19.8 Å². The number of halogens is 2. The van der Waals surface area contributed by atoms with Gasteiger partial charge in [-0.25, -0.2) is 4.98 Å². The first kappa shape index (κ1) is 23.5. The van der Waals surface area contributed by atoms with Crippen molar-refractivity contribution in [2.75, 3.05) is 32.8 Å². The summed E-state index contributed by atoms with van der Waals surface area (Å²) in [5.74, 6) is 0.708. The molecule has 1 atom stereocenters. The predicted molar refractivity (Wildman–Crippen MR) is 123 cm³/mol. The minimum absolute atomic E-state index is 0. The molecule has 30 heavy (non-hydrogen) atoms. The molecule has 9 heteroatoms. The smallest absolute Gasteiger partial charge is 0.263 e. The maximum Gasteiger partial charge on any atom is 0.263 e. The van der Waals surface area contributed by atoms with E-state index in [0.717, 1.165) is 69.9 Å². The van der Waals surface area contributed by atoms with Crippen molar-refractivity contribution in [3.8, 4) is 0 Å². The largest absolute Gasteiger partial charge is 0.369 e. The molecule has 2 aromatic heterocycles. The lowest BCUT2D eigenvalue weighted by Gasteiger charge is -2.40. The first-order valence-electron chi connectivity index (χ1n) is 10.5. The number of likely N-dealkylation sites (tertiary alicyclic amines) is 1. The van der Waals surface area contributed by atoms with Gasteiger partial charge in [-0.1, -0.05) is 0 Å². The fourth-order valence-corrected chi connectivity index (χ4v) is 6.36. The van der Waals surface area contributed by atoms with Gasteiger partial charge in [0.15, 0.2) is 0 Å². The normalized spacial score (nSPS) is 22.7. The number of hydrogen-bond donors (Lipinski definition) is 1. The van der Waals surface area contributed by atoms with E-state index >= 15 is 0 Å². The van der Waals surface area contributed by atoms with Crippen LogP contribution in [0.3, 0.4) is 0 Å². The van der Waals surface area contributed by atoms with Gasteiger partial charge in [0, 0.05) is 36.9 Å². The van der Waals surface area contributed by atoms with Crippen LogP contribution in [0.4, 0.5) is 0 Å². The number of piperidine rings is 2. The van der Waals surface area contributed by atoms with Crippen molar-refractivity contribution in [1.29, 1.82) is 0 Å². The first-order valence-corrected chi connectivity index (χ1v) is 11.3. The van der Waals surface area contributed by atoms with Gasteiger partial charge < -0.3 is 19.5 Å². The summed E-state index contributed by atoms with van der Waals surface area (Å²) in [6.45, 7) is 5.40. The number of hydrogen-bond acceptors (Lipinski definition) is 5. The van der Waals surface area contributed by atoms with Crippen LogP contribution in [-0.4, -0.2) is 53.1 Å². The van der Waals surface area contributed by atoms with E-state index in [-0.39, 0.29) is 36.3 Å². The molecule has 5 rings (SSSR count). The molecule has 6 nitrogen and oxygen atoms in total. The number of thiophene rings is 1.